The lowest BCUT2D eigenvalue weighted by Gasteiger charge is -2.20. The molecule has 4 aromatic rings. The maximum absolute atomic E-state index is 13.2. The predicted octanol–water partition coefficient (Wildman–Crippen LogP) is 3.76. The van der Waals surface area contributed by atoms with E-state index in [1.807, 2.05) is 24.4 Å². The summed E-state index contributed by atoms with van der Waals surface area (Å²) in [6.07, 6.45) is 0. The minimum atomic E-state index is -0.550. The van der Waals surface area contributed by atoms with Crippen LogP contribution in [0, 0.1) is 6.92 Å². The highest BCUT2D eigenvalue weighted by atomic mass is 32.1. The van der Waals surface area contributed by atoms with Crippen molar-refractivity contribution in [1.82, 2.24) is 10.2 Å². The number of amides is 1. The number of fused-ring (bicyclic) bond motifs is 2. The van der Waals surface area contributed by atoms with Crippen molar-refractivity contribution in [3.05, 3.63) is 73.2 Å². The normalized spacial score (nSPS) is 16.4. The van der Waals surface area contributed by atoms with Crippen LogP contribution in [0.1, 0.15) is 32.0 Å². The summed E-state index contributed by atoms with van der Waals surface area (Å²) in [6, 6.07) is 10.2. The van der Waals surface area contributed by atoms with Crippen molar-refractivity contribution in [3.8, 4) is 0 Å². The molecule has 128 valence electrons. The Morgan fingerprint density at radius 2 is 1.96 bits per heavy atom. The lowest BCUT2D eigenvalue weighted by atomic mass is 10.0. The highest BCUT2D eigenvalue weighted by molar-refractivity contribution is 7.15. The number of aromatic nitrogens is 2. The van der Waals surface area contributed by atoms with Crippen LogP contribution < -0.4 is 10.3 Å². The Kier molecular flexibility index (Phi) is 3.31. The Labute approximate surface area is 155 Å². The second kappa shape index (κ2) is 5.58. The van der Waals surface area contributed by atoms with Crippen LogP contribution >= 0.6 is 22.7 Å². The quantitative estimate of drug-likeness (QED) is 0.528. The number of aryl methyl sites for hydroxylation is 1. The second-order valence-corrected chi connectivity index (χ2v) is 8.01. The van der Waals surface area contributed by atoms with Gasteiger partial charge >= 0.3 is 0 Å². The van der Waals surface area contributed by atoms with Gasteiger partial charge in [-0.3, -0.25) is 14.5 Å². The average Bonchev–Trinajstić information content (AvgIpc) is 3.36. The molecule has 0 fully saturated rings. The molecule has 0 bridgehead atoms. The molecule has 3 aromatic heterocycles. The molecular weight excluding hydrogens is 370 g/mol. The molecule has 0 aliphatic carbocycles. The Hall–Kier alpha value is -2.84. The van der Waals surface area contributed by atoms with Crippen LogP contribution in [0.5, 0.6) is 0 Å². The van der Waals surface area contributed by atoms with E-state index in [1.165, 1.54) is 27.6 Å². The molecule has 0 saturated carbocycles. The van der Waals surface area contributed by atoms with E-state index in [9.17, 15) is 9.59 Å². The monoisotopic (exact) mass is 381 g/mol. The zero-order valence-corrected chi connectivity index (χ0v) is 15.1. The van der Waals surface area contributed by atoms with Gasteiger partial charge in [-0.05, 0) is 30.5 Å². The maximum Gasteiger partial charge on any atom is 0.297 e. The number of thiophene rings is 1. The van der Waals surface area contributed by atoms with Gasteiger partial charge in [0, 0.05) is 4.88 Å². The van der Waals surface area contributed by atoms with E-state index in [4.69, 9.17) is 4.42 Å². The Bertz CT molecular complexity index is 1210. The van der Waals surface area contributed by atoms with Crippen LogP contribution in [0.4, 0.5) is 5.13 Å². The van der Waals surface area contributed by atoms with Crippen molar-refractivity contribution in [2.75, 3.05) is 4.90 Å². The Balaban J connectivity index is 1.84. The van der Waals surface area contributed by atoms with Crippen LogP contribution in [0.15, 0.2) is 51.0 Å². The number of hydrogen-bond acceptors (Lipinski definition) is 7. The SMILES string of the molecule is Cc1nnc(N2C(=O)c3oc4ccccc4c(=O)c3[C@H]2c2cccs2)s1. The summed E-state index contributed by atoms with van der Waals surface area (Å²) < 4.78 is 5.85. The average molecular weight is 381 g/mol. The Morgan fingerprint density at radius 3 is 2.69 bits per heavy atom. The molecule has 0 spiro atoms. The van der Waals surface area contributed by atoms with E-state index < -0.39 is 6.04 Å². The predicted molar refractivity (Wildman–Crippen MR) is 100 cm³/mol. The first-order valence-corrected chi connectivity index (χ1v) is 9.57. The van der Waals surface area contributed by atoms with Crippen molar-refractivity contribution < 1.29 is 9.21 Å². The molecule has 1 aliphatic heterocycles. The van der Waals surface area contributed by atoms with E-state index >= 15 is 0 Å². The molecule has 1 aliphatic rings. The molecule has 0 saturated heterocycles. The van der Waals surface area contributed by atoms with Gasteiger partial charge in [0.25, 0.3) is 5.91 Å². The van der Waals surface area contributed by atoms with Gasteiger partial charge in [-0.25, -0.2) is 0 Å². The highest BCUT2D eigenvalue weighted by Gasteiger charge is 2.45. The molecule has 4 heterocycles. The van der Waals surface area contributed by atoms with Gasteiger partial charge in [0.1, 0.15) is 16.6 Å². The lowest BCUT2D eigenvalue weighted by molar-refractivity contribution is 0.0971. The van der Waals surface area contributed by atoms with Crippen molar-refractivity contribution in [2.45, 2.75) is 13.0 Å². The molecule has 0 unspecified atom stereocenters. The molecule has 1 amide bonds. The maximum atomic E-state index is 13.2. The van der Waals surface area contributed by atoms with Gasteiger partial charge < -0.3 is 4.42 Å². The minimum Gasteiger partial charge on any atom is -0.450 e. The number of carbonyl (C=O) groups excluding carboxylic acids is 1. The van der Waals surface area contributed by atoms with E-state index in [0.29, 0.717) is 21.7 Å². The van der Waals surface area contributed by atoms with E-state index in [-0.39, 0.29) is 17.1 Å². The number of nitrogens with zero attached hydrogens (tertiary/aromatic N) is 3. The van der Waals surface area contributed by atoms with Crippen molar-refractivity contribution in [3.63, 3.8) is 0 Å². The summed E-state index contributed by atoms with van der Waals surface area (Å²) in [5.41, 5.74) is 0.589. The number of anilines is 1. The molecule has 26 heavy (non-hydrogen) atoms. The first-order chi connectivity index (χ1) is 12.6. The second-order valence-electron chi connectivity index (χ2n) is 5.87. The third-order valence-corrected chi connectivity index (χ3v) is 6.07. The summed E-state index contributed by atoms with van der Waals surface area (Å²) in [4.78, 5) is 28.7. The molecule has 6 nitrogen and oxygen atoms in total. The zero-order chi connectivity index (χ0) is 17.8. The standard InChI is InChI=1S/C18H11N3O3S2/c1-9-19-20-18(26-9)21-14(12-7-4-8-25-12)13-15(22)10-5-2-3-6-11(10)24-16(13)17(21)23/h2-8,14H,1H3/t14-/m1/s1. The summed E-state index contributed by atoms with van der Waals surface area (Å²) in [6.45, 7) is 1.83. The summed E-state index contributed by atoms with van der Waals surface area (Å²) in [5, 5.41) is 11.7. The third kappa shape index (κ3) is 2.09. The summed E-state index contributed by atoms with van der Waals surface area (Å²) in [5.74, 6) is -0.280. The van der Waals surface area contributed by atoms with E-state index in [0.717, 1.165) is 9.88 Å². The molecular formula is C18H11N3O3S2. The van der Waals surface area contributed by atoms with Crippen molar-refractivity contribution in [2.24, 2.45) is 0 Å². The number of para-hydroxylation sites is 1. The largest absolute Gasteiger partial charge is 0.450 e. The van der Waals surface area contributed by atoms with Crippen LogP contribution in [0.2, 0.25) is 0 Å². The molecule has 8 heteroatoms. The first kappa shape index (κ1) is 15.4. The van der Waals surface area contributed by atoms with E-state index in [1.54, 1.807) is 24.3 Å². The zero-order valence-electron chi connectivity index (χ0n) is 13.5. The fourth-order valence-electron chi connectivity index (χ4n) is 3.22. The first-order valence-electron chi connectivity index (χ1n) is 7.88. The van der Waals surface area contributed by atoms with E-state index in [2.05, 4.69) is 10.2 Å². The van der Waals surface area contributed by atoms with Crippen molar-refractivity contribution in [1.29, 1.82) is 0 Å². The van der Waals surface area contributed by atoms with Gasteiger partial charge in [-0.15, -0.1) is 21.5 Å². The topological polar surface area (TPSA) is 76.3 Å². The molecule has 1 aromatic carbocycles. The van der Waals surface area contributed by atoms with Crippen LogP contribution in [-0.4, -0.2) is 16.1 Å². The van der Waals surface area contributed by atoms with Gasteiger partial charge in [0.2, 0.25) is 10.9 Å². The van der Waals surface area contributed by atoms with Gasteiger partial charge in [0.05, 0.1) is 10.9 Å². The van der Waals surface area contributed by atoms with Crippen molar-refractivity contribution >= 4 is 44.7 Å². The highest BCUT2D eigenvalue weighted by Crippen LogP contribution is 2.43. The summed E-state index contributed by atoms with van der Waals surface area (Å²) in [7, 11) is 0. The molecule has 0 N–H and O–H groups in total. The summed E-state index contributed by atoms with van der Waals surface area (Å²) >= 11 is 2.80. The number of carbonyl (C=O) groups is 1. The van der Waals surface area contributed by atoms with Crippen LogP contribution in [-0.2, 0) is 0 Å². The third-order valence-electron chi connectivity index (χ3n) is 4.31. The van der Waals surface area contributed by atoms with Crippen LogP contribution in [0.25, 0.3) is 11.0 Å². The molecule has 0 radical (unpaired) electrons. The fraction of sp³-hybridized carbons (Fsp3) is 0.111. The molecule has 5 rings (SSSR count). The molecule has 1 atom stereocenters. The lowest BCUT2D eigenvalue weighted by Crippen LogP contribution is -2.28. The van der Waals surface area contributed by atoms with Gasteiger partial charge in [0.15, 0.2) is 5.43 Å². The Morgan fingerprint density at radius 1 is 1.12 bits per heavy atom. The number of hydrogen-bond donors (Lipinski definition) is 0. The minimum absolute atomic E-state index is 0.0833. The fourth-order valence-corrected chi connectivity index (χ4v) is 4.75. The van der Waals surface area contributed by atoms with Crippen LogP contribution in [0.3, 0.4) is 0 Å². The number of benzene rings is 1. The van der Waals surface area contributed by atoms with Gasteiger partial charge in [-0.2, -0.15) is 0 Å². The smallest absolute Gasteiger partial charge is 0.297 e. The number of rotatable bonds is 2. The van der Waals surface area contributed by atoms with Gasteiger partial charge in [-0.1, -0.05) is 29.5 Å².